The van der Waals surface area contributed by atoms with Gasteiger partial charge in [0.15, 0.2) is 0 Å². The molecule has 1 aromatic heterocycles. The number of carbonyl (C=O) groups excluding carboxylic acids is 1. The molecule has 0 aliphatic heterocycles. The maximum absolute atomic E-state index is 11.0. The smallest absolute Gasteiger partial charge is 0.134 e. The van der Waals surface area contributed by atoms with E-state index >= 15 is 0 Å². The summed E-state index contributed by atoms with van der Waals surface area (Å²) in [6, 6.07) is 7.89. The van der Waals surface area contributed by atoms with Gasteiger partial charge in [0.05, 0.1) is 11.9 Å². The second-order valence-electron chi connectivity index (χ2n) is 3.82. The largest absolute Gasteiger partial charge is 0.300 e. The zero-order chi connectivity index (χ0) is 11.5. The van der Waals surface area contributed by atoms with E-state index in [-0.39, 0.29) is 5.78 Å². The Hall–Kier alpha value is -1.97. The lowest BCUT2D eigenvalue weighted by Crippen LogP contribution is -1.97. The Kier molecular flexibility index (Phi) is 2.81. The van der Waals surface area contributed by atoms with Gasteiger partial charge in [0.25, 0.3) is 0 Å². The fourth-order valence-electron chi connectivity index (χ4n) is 1.63. The normalized spacial score (nSPS) is 10.4. The molecule has 0 radical (unpaired) electrons. The number of aryl methyl sites for hydroxylation is 1. The third-order valence-corrected chi connectivity index (χ3v) is 2.42. The van der Waals surface area contributed by atoms with Crippen LogP contribution in [0.1, 0.15) is 12.5 Å². The van der Waals surface area contributed by atoms with E-state index in [0.29, 0.717) is 6.42 Å². The van der Waals surface area contributed by atoms with E-state index in [1.165, 1.54) is 0 Å². The maximum Gasteiger partial charge on any atom is 0.134 e. The maximum atomic E-state index is 11.0. The Labute approximate surface area is 93.9 Å². The summed E-state index contributed by atoms with van der Waals surface area (Å²) in [5.74, 6) is 0.176. The van der Waals surface area contributed by atoms with Crippen molar-refractivity contribution in [2.24, 2.45) is 7.05 Å². The Balaban J connectivity index is 2.26. The second-order valence-corrected chi connectivity index (χ2v) is 3.82. The molecule has 0 amide bonds. The Bertz CT molecular complexity index is 499. The molecule has 16 heavy (non-hydrogen) atoms. The number of aromatic nitrogens is 3. The minimum absolute atomic E-state index is 0.176. The van der Waals surface area contributed by atoms with Crippen molar-refractivity contribution < 1.29 is 4.79 Å². The van der Waals surface area contributed by atoms with Gasteiger partial charge in [-0.15, -0.1) is 5.10 Å². The molecule has 2 rings (SSSR count). The molecule has 0 saturated heterocycles. The van der Waals surface area contributed by atoms with Crippen LogP contribution in [0.5, 0.6) is 0 Å². The first-order valence-electron chi connectivity index (χ1n) is 5.10. The second kappa shape index (κ2) is 4.26. The molecule has 0 fully saturated rings. The van der Waals surface area contributed by atoms with Crippen LogP contribution in [0.25, 0.3) is 11.3 Å². The molecule has 0 spiro atoms. The highest BCUT2D eigenvalue weighted by Crippen LogP contribution is 2.17. The zero-order valence-electron chi connectivity index (χ0n) is 9.34. The molecular weight excluding hydrogens is 202 g/mol. The summed E-state index contributed by atoms with van der Waals surface area (Å²) in [4.78, 5) is 11.0. The van der Waals surface area contributed by atoms with Gasteiger partial charge in [0, 0.05) is 19.0 Å². The summed E-state index contributed by atoms with van der Waals surface area (Å²) in [6.45, 7) is 1.60. The van der Waals surface area contributed by atoms with Crippen molar-refractivity contribution in [1.29, 1.82) is 0 Å². The van der Waals surface area contributed by atoms with Gasteiger partial charge in [-0.05, 0) is 12.5 Å². The van der Waals surface area contributed by atoms with Crippen molar-refractivity contribution in [2.45, 2.75) is 13.3 Å². The summed E-state index contributed by atoms with van der Waals surface area (Å²) in [5, 5.41) is 7.70. The number of hydrogen-bond acceptors (Lipinski definition) is 3. The molecule has 0 unspecified atom stereocenters. The van der Waals surface area contributed by atoms with Crippen molar-refractivity contribution in [1.82, 2.24) is 15.0 Å². The van der Waals surface area contributed by atoms with Crippen molar-refractivity contribution in [3.63, 3.8) is 0 Å². The van der Waals surface area contributed by atoms with Crippen LogP contribution in [0, 0.1) is 0 Å². The molecule has 4 heteroatoms. The van der Waals surface area contributed by atoms with Crippen LogP contribution < -0.4 is 0 Å². The molecule has 4 nitrogen and oxygen atoms in total. The molecule has 1 aromatic carbocycles. The first-order valence-corrected chi connectivity index (χ1v) is 5.10. The average Bonchev–Trinajstić information content (AvgIpc) is 2.65. The quantitative estimate of drug-likeness (QED) is 0.781. The van der Waals surface area contributed by atoms with Gasteiger partial charge >= 0.3 is 0 Å². The van der Waals surface area contributed by atoms with E-state index < -0.39 is 0 Å². The van der Waals surface area contributed by atoms with Crippen LogP contribution in [-0.2, 0) is 18.3 Å². The molecule has 0 N–H and O–H groups in total. The number of carbonyl (C=O) groups is 1. The van der Waals surface area contributed by atoms with Crippen LogP contribution in [0.15, 0.2) is 30.5 Å². The van der Waals surface area contributed by atoms with Gasteiger partial charge in [0.1, 0.15) is 5.78 Å². The van der Waals surface area contributed by atoms with Gasteiger partial charge in [-0.1, -0.05) is 29.5 Å². The van der Waals surface area contributed by atoms with Gasteiger partial charge in [-0.3, -0.25) is 4.79 Å². The van der Waals surface area contributed by atoms with E-state index in [9.17, 15) is 4.79 Å². The molecular formula is C12H13N3O. The molecule has 0 bridgehead atoms. The summed E-state index contributed by atoms with van der Waals surface area (Å²) in [6.07, 6.45) is 2.21. The fraction of sp³-hybridized carbons (Fsp3) is 0.250. The lowest BCUT2D eigenvalue weighted by atomic mass is 10.1. The topological polar surface area (TPSA) is 47.8 Å². The highest BCUT2D eigenvalue weighted by molar-refractivity contribution is 5.78. The van der Waals surface area contributed by atoms with Crippen LogP contribution in [0.2, 0.25) is 0 Å². The van der Waals surface area contributed by atoms with Crippen LogP contribution in [0.3, 0.4) is 0 Å². The van der Waals surface area contributed by atoms with Crippen LogP contribution in [-0.4, -0.2) is 20.8 Å². The van der Waals surface area contributed by atoms with Gasteiger partial charge in [0.2, 0.25) is 0 Å². The minimum atomic E-state index is 0.176. The highest BCUT2D eigenvalue weighted by Gasteiger charge is 2.03. The van der Waals surface area contributed by atoms with Crippen molar-refractivity contribution in [3.05, 3.63) is 36.0 Å². The summed E-state index contributed by atoms with van der Waals surface area (Å²) in [5.41, 5.74) is 3.06. The third kappa shape index (κ3) is 2.16. The fourth-order valence-corrected chi connectivity index (χ4v) is 1.63. The third-order valence-electron chi connectivity index (χ3n) is 2.42. The molecule has 82 valence electrons. The standard InChI is InChI=1S/C12H13N3O/c1-9(16)7-10-3-5-11(6-4-10)12-8-13-14-15(12)2/h3-6,8H,7H2,1-2H3. The van der Waals surface area contributed by atoms with Crippen molar-refractivity contribution in [2.75, 3.05) is 0 Å². The van der Waals surface area contributed by atoms with E-state index in [1.54, 1.807) is 17.8 Å². The van der Waals surface area contributed by atoms with E-state index in [0.717, 1.165) is 16.8 Å². The molecule has 0 atom stereocenters. The number of Topliss-reactive ketones (excluding diaryl/α,β-unsaturated/α-hetero) is 1. The van der Waals surface area contributed by atoms with E-state index in [1.807, 2.05) is 31.3 Å². The number of rotatable bonds is 3. The monoisotopic (exact) mass is 215 g/mol. The average molecular weight is 215 g/mol. The number of hydrogen-bond donors (Lipinski definition) is 0. The first kappa shape index (κ1) is 10.5. The number of benzene rings is 1. The van der Waals surface area contributed by atoms with E-state index in [2.05, 4.69) is 10.3 Å². The van der Waals surface area contributed by atoms with Gasteiger partial charge < -0.3 is 0 Å². The first-order chi connectivity index (χ1) is 7.66. The van der Waals surface area contributed by atoms with Crippen molar-refractivity contribution in [3.8, 4) is 11.3 Å². The lowest BCUT2D eigenvalue weighted by molar-refractivity contribution is -0.116. The zero-order valence-corrected chi connectivity index (χ0v) is 9.34. The van der Waals surface area contributed by atoms with Gasteiger partial charge in [-0.2, -0.15) is 0 Å². The summed E-state index contributed by atoms with van der Waals surface area (Å²) < 4.78 is 1.72. The van der Waals surface area contributed by atoms with Gasteiger partial charge in [-0.25, -0.2) is 4.68 Å². The minimum Gasteiger partial charge on any atom is -0.300 e. The molecule has 0 aliphatic carbocycles. The lowest BCUT2D eigenvalue weighted by Gasteiger charge is -2.02. The Morgan fingerprint density at radius 2 is 2.00 bits per heavy atom. The predicted molar refractivity (Wildman–Crippen MR) is 60.8 cm³/mol. The molecule has 2 aromatic rings. The highest BCUT2D eigenvalue weighted by atomic mass is 16.1. The van der Waals surface area contributed by atoms with E-state index in [4.69, 9.17) is 0 Å². The SMILES string of the molecule is CC(=O)Cc1ccc(-c2cnnn2C)cc1. The van der Waals surface area contributed by atoms with Crippen LogP contribution in [0.4, 0.5) is 0 Å². The Morgan fingerprint density at radius 1 is 1.31 bits per heavy atom. The number of nitrogens with zero attached hydrogens (tertiary/aromatic N) is 3. The summed E-state index contributed by atoms with van der Waals surface area (Å²) >= 11 is 0. The molecule has 0 aliphatic rings. The summed E-state index contributed by atoms with van der Waals surface area (Å²) in [7, 11) is 1.85. The molecule has 1 heterocycles. The predicted octanol–water partition coefficient (Wildman–Crippen LogP) is 1.61. The van der Waals surface area contributed by atoms with Crippen LogP contribution >= 0.6 is 0 Å². The van der Waals surface area contributed by atoms with Crippen molar-refractivity contribution >= 4 is 5.78 Å². The Morgan fingerprint density at radius 3 is 2.50 bits per heavy atom. The number of ketones is 1. The molecule has 0 saturated carbocycles.